The third-order valence-corrected chi connectivity index (χ3v) is 4.79. The van der Waals surface area contributed by atoms with Crippen LogP contribution in [0.25, 0.3) is 21.9 Å². The van der Waals surface area contributed by atoms with Crippen LogP contribution in [-0.4, -0.2) is 25.5 Å². The van der Waals surface area contributed by atoms with Crippen molar-refractivity contribution in [3.8, 4) is 5.75 Å². The first-order valence-electron chi connectivity index (χ1n) is 8.27. The molecule has 0 aliphatic carbocycles. The Hall–Kier alpha value is -3.61. The number of fused-ring (bicyclic) bond motifs is 1. The fourth-order valence-corrected chi connectivity index (χ4v) is 3.61. The van der Waals surface area contributed by atoms with Crippen LogP contribution in [0.4, 0.5) is 5.95 Å². The van der Waals surface area contributed by atoms with Crippen LogP contribution in [0.1, 0.15) is 15.9 Å². The van der Waals surface area contributed by atoms with E-state index in [9.17, 15) is 14.7 Å². The van der Waals surface area contributed by atoms with Crippen molar-refractivity contribution in [2.75, 3.05) is 5.32 Å². The van der Waals surface area contributed by atoms with E-state index in [1.807, 2.05) is 36.4 Å². The number of nitrogens with zero attached hydrogens (tertiary/aromatic N) is 2. The summed E-state index contributed by atoms with van der Waals surface area (Å²) in [5, 5.41) is 13.7. The van der Waals surface area contributed by atoms with E-state index < -0.39 is 11.5 Å². The Balaban J connectivity index is 1.63. The molecule has 2 aromatic carbocycles. The van der Waals surface area contributed by atoms with Gasteiger partial charge in [0.05, 0.1) is 16.6 Å². The predicted octanol–water partition coefficient (Wildman–Crippen LogP) is 2.39. The van der Waals surface area contributed by atoms with E-state index in [-0.39, 0.29) is 17.3 Å². The fourth-order valence-electron chi connectivity index (χ4n) is 3.61. The lowest BCUT2D eigenvalue weighted by Gasteiger charge is -2.10. The first kappa shape index (κ1) is 14.7. The zero-order valence-corrected chi connectivity index (χ0v) is 13.6. The minimum Gasteiger partial charge on any atom is -0.506 e. The molecule has 0 spiro atoms. The van der Waals surface area contributed by atoms with E-state index >= 15 is 0 Å². The second kappa shape index (κ2) is 5.19. The molecule has 3 N–H and O–H groups in total. The van der Waals surface area contributed by atoms with E-state index in [0.717, 1.165) is 11.1 Å². The Morgan fingerprint density at radius 2 is 2.04 bits per heavy atom. The molecule has 0 radical (unpaired) electrons. The van der Waals surface area contributed by atoms with Gasteiger partial charge in [-0.05, 0) is 30.2 Å². The van der Waals surface area contributed by atoms with Crippen LogP contribution in [0.5, 0.6) is 5.75 Å². The summed E-state index contributed by atoms with van der Waals surface area (Å²) in [4.78, 5) is 32.8. The number of H-pyrrole nitrogens is 1. The Labute approximate surface area is 146 Å². The molecular weight excluding hydrogens is 332 g/mol. The van der Waals surface area contributed by atoms with Crippen molar-refractivity contribution in [2.45, 2.75) is 13.0 Å². The third kappa shape index (κ3) is 1.97. The Bertz CT molecular complexity index is 1240. The molecule has 0 saturated heterocycles. The van der Waals surface area contributed by atoms with Crippen molar-refractivity contribution < 1.29 is 9.90 Å². The minimum absolute atomic E-state index is 0.227. The van der Waals surface area contributed by atoms with Crippen molar-refractivity contribution >= 4 is 33.8 Å². The van der Waals surface area contributed by atoms with Crippen molar-refractivity contribution in [2.24, 2.45) is 0 Å². The predicted molar refractivity (Wildman–Crippen MR) is 97.6 cm³/mol. The van der Waals surface area contributed by atoms with E-state index in [1.54, 1.807) is 10.6 Å². The average Bonchev–Trinajstić information content (AvgIpc) is 3.24. The number of aryl methyl sites for hydroxylation is 2. The van der Waals surface area contributed by atoms with Gasteiger partial charge in [-0.25, -0.2) is 4.98 Å². The first-order chi connectivity index (χ1) is 12.6. The Morgan fingerprint density at radius 3 is 2.88 bits per heavy atom. The van der Waals surface area contributed by atoms with Crippen molar-refractivity contribution in [1.82, 2.24) is 14.5 Å². The molecule has 4 aromatic rings. The molecule has 0 bridgehead atoms. The summed E-state index contributed by atoms with van der Waals surface area (Å²) in [6.07, 6.45) is 0.709. The molecule has 26 heavy (non-hydrogen) atoms. The van der Waals surface area contributed by atoms with Crippen LogP contribution < -0.4 is 10.9 Å². The smallest absolute Gasteiger partial charge is 0.267 e. The number of hydrogen-bond donors (Lipinski definition) is 3. The molecule has 0 saturated carbocycles. The number of anilines is 1. The van der Waals surface area contributed by atoms with Gasteiger partial charge >= 0.3 is 0 Å². The zero-order valence-electron chi connectivity index (χ0n) is 13.6. The molecule has 7 heteroatoms. The van der Waals surface area contributed by atoms with Gasteiger partial charge in [-0.2, -0.15) is 0 Å². The molecule has 7 nitrogen and oxygen atoms in total. The molecule has 5 rings (SSSR count). The lowest BCUT2D eigenvalue weighted by molar-refractivity contribution is 0.102. The molecule has 2 aromatic heterocycles. The van der Waals surface area contributed by atoms with Gasteiger partial charge in [0.1, 0.15) is 11.3 Å². The molecule has 128 valence electrons. The summed E-state index contributed by atoms with van der Waals surface area (Å²) in [5.41, 5.74) is 2.41. The van der Waals surface area contributed by atoms with Crippen LogP contribution in [0.2, 0.25) is 0 Å². The number of hydrogen-bond acceptors (Lipinski definition) is 4. The Morgan fingerprint density at radius 1 is 1.19 bits per heavy atom. The number of carbonyl (C=O) groups is 1. The topological polar surface area (TPSA) is 100 Å². The lowest BCUT2D eigenvalue weighted by Crippen LogP contribution is -2.28. The average molecular weight is 346 g/mol. The highest BCUT2D eigenvalue weighted by molar-refractivity contribution is 6.09. The van der Waals surface area contributed by atoms with Crippen LogP contribution in [0.3, 0.4) is 0 Å². The molecule has 1 aliphatic heterocycles. The van der Waals surface area contributed by atoms with Gasteiger partial charge in [-0.15, -0.1) is 0 Å². The summed E-state index contributed by atoms with van der Waals surface area (Å²) in [6, 6.07) is 12.8. The molecular formula is C19H14N4O3. The number of aromatic amines is 1. The van der Waals surface area contributed by atoms with Gasteiger partial charge in [0.25, 0.3) is 11.5 Å². The summed E-state index contributed by atoms with van der Waals surface area (Å²) >= 11 is 0. The van der Waals surface area contributed by atoms with Gasteiger partial charge < -0.3 is 14.7 Å². The Kier molecular flexibility index (Phi) is 2.94. The van der Waals surface area contributed by atoms with Crippen LogP contribution in [-0.2, 0) is 13.0 Å². The maximum absolute atomic E-state index is 12.8. The number of para-hydroxylation sites is 3. The molecule has 0 fully saturated rings. The van der Waals surface area contributed by atoms with Crippen LogP contribution >= 0.6 is 0 Å². The summed E-state index contributed by atoms with van der Waals surface area (Å²) in [7, 11) is 0. The van der Waals surface area contributed by atoms with E-state index in [0.29, 0.717) is 29.4 Å². The molecule has 1 amide bonds. The maximum Gasteiger partial charge on any atom is 0.267 e. The number of amides is 1. The number of carbonyl (C=O) groups excluding carboxylic acids is 1. The van der Waals surface area contributed by atoms with Gasteiger partial charge in [0.15, 0.2) is 0 Å². The molecule has 0 unspecified atom stereocenters. The van der Waals surface area contributed by atoms with E-state index in [1.165, 1.54) is 0 Å². The molecule has 1 aliphatic rings. The number of nitrogens with one attached hydrogen (secondary N) is 2. The van der Waals surface area contributed by atoms with Crippen molar-refractivity contribution in [3.05, 3.63) is 63.9 Å². The van der Waals surface area contributed by atoms with Gasteiger partial charge in [-0.1, -0.05) is 24.3 Å². The largest absolute Gasteiger partial charge is 0.506 e. The highest BCUT2D eigenvalue weighted by Crippen LogP contribution is 2.32. The number of rotatable bonds is 2. The zero-order chi connectivity index (χ0) is 17.8. The highest BCUT2D eigenvalue weighted by atomic mass is 16.3. The van der Waals surface area contributed by atoms with Gasteiger partial charge in [0, 0.05) is 11.9 Å². The summed E-state index contributed by atoms with van der Waals surface area (Å²) in [5.74, 6) is -0.751. The quantitative estimate of drug-likeness (QED) is 0.519. The van der Waals surface area contributed by atoms with Crippen molar-refractivity contribution in [3.63, 3.8) is 0 Å². The molecule has 0 atom stereocenters. The molecule has 3 heterocycles. The standard InChI is InChI=1S/C19H14N4O3/c24-16-11-5-3-4-10-8-9-23(15(10)11)18(26)14(16)17(25)22-19-20-12-6-1-2-7-13(12)21-19/h1-7,24H,8-9H2,(H2,20,21,22,25). The van der Waals surface area contributed by atoms with E-state index in [4.69, 9.17) is 0 Å². The highest BCUT2D eigenvalue weighted by Gasteiger charge is 2.26. The SMILES string of the molecule is O=C(Nc1nc2ccccc2[nH]1)c1c(O)c2cccc3c2n(c1=O)CC3. The monoisotopic (exact) mass is 346 g/mol. The normalized spacial score (nSPS) is 12.8. The third-order valence-electron chi connectivity index (χ3n) is 4.79. The number of aromatic hydroxyl groups is 1. The second-order valence-electron chi connectivity index (χ2n) is 6.30. The second-order valence-corrected chi connectivity index (χ2v) is 6.30. The van der Waals surface area contributed by atoms with Crippen LogP contribution in [0.15, 0.2) is 47.3 Å². The minimum atomic E-state index is -0.686. The van der Waals surface area contributed by atoms with Gasteiger partial charge in [0.2, 0.25) is 5.95 Å². The lowest BCUT2D eigenvalue weighted by atomic mass is 10.1. The first-order valence-corrected chi connectivity index (χ1v) is 8.27. The number of aromatic nitrogens is 3. The number of imidazole rings is 1. The fraction of sp³-hybridized carbons (Fsp3) is 0.105. The van der Waals surface area contributed by atoms with Crippen molar-refractivity contribution in [1.29, 1.82) is 0 Å². The van der Waals surface area contributed by atoms with E-state index in [2.05, 4.69) is 15.3 Å². The maximum atomic E-state index is 12.8. The summed E-state index contributed by atoms with van der Waals surface area (Å²) < 4.78 is 1.55. The number of pyridine rings is 1. The summed E-state index contributed by atoms with van der Waals surface area (Å²) in [6.45, 7) is 0.500. The number of benzene rings is 2. The van der Waals surface area contributed by atoms with Crippen LogP contribution in [0, 0.1) is 0 Å². The van der Waals surface area contributed by atoms with Gasteiger partial charge in [-0.3, -0.25) is 14.9 Å².